The predicted molar refractivity (Wildman–Crippen MR) is 62.6 cm³/mol. The summed E-state index contributed by atoms with van der Waals surface area (Å²) >= 11 is 0. The second-order valence-electron chi connectivity index (χ2n) is 4.70. The first-order valence-electron chi connectivity index (χ1n) is 6.18. The van der Waals surface area contributed by atoms with Gasteiger partial charge in [-0.3, -0.25) is 9.59 Å². The highest BCUT2D eigenvalue weighted by Crippen LogP contribution is 2.12. The maximum absolute atomic E-state index is 11.5. The van der Waals surface area contributed by atoms with Crippen LogP contribution in [0.5, 0.6) is 0 Å². The van der Waals surface area contributed by atoms with Crippen LogP contribution in [0.25, 0.3) is 0 Å². The summed E-state index contributed by atoms with van der Waals surface area (Å²) in [4.78, 5) is 22.0. The third kappa shape index (κ3) is 6.26. The Morgan fingerprint density at radius 2 is 2.18 bits per heavy atom. The summed E-state index contributed by atoms with van der Waals surface area (Å²) in [6.45, 7) is 3.08. The fourth-order valence-electron chi connectivity index (χ4n) is 1.95. The fourth-order valence-corrected chi connectivity index (χ4v) is 1.95. The molecule has 5 nitrogen and oxygen atoms in total. The molecule has 1 fully saturated rings. The summed E-state index contributed by atoms with van der Waals surface area (Å²) in [6.07, 6.45) is 3.66. The van der Waals surface area contributed by atoms with Gasteiger partial charge in [-0.2, -0.15) is 0 Å². The number of carbonyl (C=O) groups is 2. The van der Waals surface area contributed by atoms with Gasteiger partial charge in [0.1, 0.15) is 0 Å². The Bertz CT molecular complexity index is 261. The van der Waals surface area contributed by atoms with Crippen molar-refractivity contribution in [2.24, 2.45) is 5.92 Å². The van der Waals surface area contributed by atoms with E-state index in [2.05, 4.69) is 5.32 Å². The maximum atomic E-state index is 11.5. The van der Waals surface area contributed by atoms with Crippen LogP contribution in [-0.2, 0) is 14.3 Å². The lowest BCUT2D eigenvalue weighted by molar-refractivity contribution is -0.138. The van der Waals surface area contributed by atoms with Crippen LogP contribution in [0.4, 0.5) is 0 Å². The van der Waals surface area contributed by atoms with Crippen molar-refractivity contribution in [3.05, 3.63) is 0 Å². The summed E-state index contributed by atoms with van der Waals surface area (Å²) in [5, 5.41) is 11.4. The molecule has 2 atom stereocenters. The number of hydrogen-bond acceptors (Lipinski definition) is 3. The summed E-state index contributed by atoms with van der Waals surface area (Å²) in [5.41, 5.74) is 0. The molecule has 1 rings (SSSR count). The van der Waals surface area contributed by atoms with E-state index in [1.807, 2.05) is 0 Å². The van der Waals surface area contributed by atoms with Crippen molar-refractivity contribution in [3.8, 4) is 0 Å². The Morgan fingerprint density at radius 1 is 1.41 bits per heavy atom. The van der Waals surface area contributed by atoms with Crippen LogP contribution in [-0.4, -0.2) is 36.2 Å². The number of rotatable bonds is 6. The van der Waals surface area contributed by atoms with Crippen molar-refractivity contribution in [1.29, 1.82) is 0 Å². The summed E-state index contributed by atoms with van der Waals surface area (Å²) < 4.78 is 5.49. The molecule has 1 saturated heterocycles. The lowest BCUT2D eigenvalue weighted by atomic mass is 10.0. The van der Waals surface area contributed by atoms with Crippen molar-refractivity contribution in [2.45, 2.75) is 45.1 Å². The highest BCUT2D eigenvalue weighted by molar-refractivity contribution is 5.77. The molecule has 2 unspecified atom stereocenters. The highest BCUT2D eigenvalue weighted by atomic mass is 16.5. The zero-order chi connectivity index (χ0) is 12.7. The number of nitrogens with one attached hydrogen (secondary N) is 1. The largest absolute Gasteiger partial charge is 0.481 e. The van der Waals surface area contributed by atoms with Gasteiger partial charge in [0.25, 0.3) is 0 Å². The van der Waals surface area contributed by atoms with E-state index in [9.17, 15) is 9.59 Å². The van der Waals surface area contributed by atoms with Crippen molar-refractivity contribution >= 4 is 11.9 Å². The van der Waals surface area contributed by atoms with Crippen molar-refractivity contribution < 1.29 is 19.4 Å². The zero-order valence-electron chi connectivity index (χ0n) is 10.3. The smallest absolute Gasteiger partial charge is 0.303 e. The maximum Gasteiger partial charge on any atom is 0.303 e. The van der Waals surface area contributed by atoms with E-state index in [0.717, 1.165) is 25.9 Å². The van der Waals surface area contributed by atoms with Gasteiger partial charge in [-0.1, -0.05) is 6.92 Å². The molecule has 1 aliphatic rings. The molecule has 0 aliphatic carbocycles. The minimum absolute atomic E-state index is 0.0351. The molecule has 1 amide bonds. The number of aliphatic carboxylic acids is 1. The van der Waals surface area contributed by atoms with E-state index in [1.54, 1.807) is 6.92 Å². The van der Waals surface area contributed by atoms with E-state index in [-0.39, 0.29) is 30.8 Å². The van der Waals surface area contributed by atoms with Crippen LogP contribution in [0.1, 0.15) is 39.0 Å². The second kappa shape index (κ2) is 7.27. The lowest BCUT2D eigenvalue weighted by Crippen LogP contribution is -2.36. The topological polar surface area (TPSA) is 75.6 Å². The van der Waals surface area contributed by atoms with E-state index in [0.29, 0.717) is 6.54 Å². The average Bonchev–Trinajstić information content (AvgIpc) is 2.26. The van der Waals surface area contributed by atoms with Gasteiger partial charge in [-0.25, -0.2) is 0 Å². The molecule has 2 N–H and O–H groups in total. The van der Waals surface area contributed by atoms with Gasteiger partial charge in [0.15, 0.2) is 0 Å². The zero-order valence-corrected chi connectivity index (χ0v) is 10.3. The fraction of sp³-hybridized carbons (Fsp3) is 0.833. The molecule has 0 spiro atoms. The Balaban J connectivity index is 2.13. The molecule has 98 valence electrons. The monoisotopic (exact) mass is 243 g/mol. The Kier molecular flexibility index (Phi) is 5.97. The number of carbonyl (C=O) groups excluding carboxylic acids is 1. The van der Waals surface area contributed by atoms with Crippen molar-refractivity contribution in [3.63, 3.8) is 0 Å². The molecule has 0 bridgehead atoms. The Morgan fingerprint density at radius 3 is 2.76 bits per heavy atom. The molecule has 17 heavy (non-hydrogen) atoms. The van der Waals surface area contributed by atoms with E-state index >= 15 is 0 Å². The standard InChI is InChI=1S/C12H21NO4/c1-9(7-12(15)16)6-11(14)13-8-10-4-2-3-5-17-10/h9-10H,2-8H2,1H3,(H,13,14)(H,15,16). The van der Waals surface area contributed by atoms with E-state index < -0.39 is 5.97 Å². The first kappa shape index (κ1) is 14.0. The van der Waals surface area contributed by atoms with E-state index in [1.165, 1.54) is 0 Å². The number of amides is 1. The first-order valence-corrected chi connectivity index (χ1v) is 6.18. The minimum Gasteiger partial charge on any atom is -0.481 e. The summed E-state index contributed by atoms with van der Waals surface area (Å²) in [5.74, 6) is -1.08. The quantitative estimate of drug-likeness (QED) is 0.734. The molecule has 0 radical (unpaired) electrons. The molecule has 1 heterocycles. The van der Waals surface area contributed by atoms with Crippen LogP contribution in [0.3, 0.4) is 0 Å². The second-order valence-corrected chi connectivity index (χ2v) is 4.70. The van der Waals surface area contributed by atoms with Crippen molar-refractivity contribution in [2.75, 3.05) is 13.2 Å². The SMILES string of the molecule is CC(CC(=O)O)CC(=O)NCC1CCCCO1. The van der Waals surface area contributed by atoms with Gasteiger partial charge in [-0.15, -0.1) is 0 Å². The third-order valence-electron chi connectivity index (χ3n) is 2.86. The van der Waals surface area contributed by atoms with Gasteiger partial charge < -0.3 is 15.2 Å². The van der Waals surface area contributed by atoms with Gasteiger partial charge in [0, 0.05) is 26.0 Å². The van der Waals surface area contributed by atoms with Gasteiger partial charge in [-0.05, 0) is 25.2 Å². The summed E-state index contributed by atoms with van der Waals surface area (Å²) in [6, 6.07) is 0. The van der Waals surface area contributed by atoms with Crippen LogP contribution in [0.2, 0.25) is 0 Å². The van der Waals surface area contributed by atoms with Crippen LogP contribution in [0.15, 0.2) is 0 Å². The first-order chi connectivity index (χ1) is 8.08. The van der Waals surface area contributed by atoms with Gasteiger partial charge in [0.05, 0.1) is 6.10 Å². The van der Waals surface area contributed by atoms with Gasteiger partial charge in [0.2, 0.25) is 5.91 Å². The van der Waals surface area contributed by atoms with Crippen LogP contribution >= 0.6 is 0 Å². The molecular formula is C12H21NO4. The minimum atomic E-state index is -0.860. The molecule has 1 aliphatic heterocycles. The number of ether oxygens (including phenoxy) is 1. The number of hydrogen-bond donors (Lipinski definition) is 2. The Labute approximate surface area is 102 Å². The molecule has 0 aromatic carbocycles. The summed E-state index contributed by atoms with van der Waals surface area (Å²) in [7, 11) is 0. The molecule has 5 heteroatoms. The average molecular weight is 243 g/mol. The van der Waals surface area contributed by atoms with Crippen molar-refractivity contribution in [1.82, 2.24) is 5.32 Å². The van der Waals surface area contributed by atoms with Crippen LogP contribution in [0, 0.1) is 5.92 Å². The predicted octanol–water partition coefficient (Wildman–Crippen LogP) is 1.17. The third-order valence-corrected chi connectivity index (χ3v) is 2.86. The lowest BCUT2D eigenvalue weighted by Gasteiger charge is -2.23. The highest BCUT2D eigenvalue weighted by Gasteiger charge is 2.16. The van der Waals surface area contributed by atoms with Gasteiger partial charge >= 0.3 is 5.97 Å². The van der Waals surface area contributed by atoms with E-state index in [4.69, 9.17) is 9.84 Å². The molecule has 0 aromatic heterocycles. The Hall–Kier alpha value is -1.10. The van der Waals surface area contributed by atoms with Crippen LogP contribution < -0.4 is 5.32 Å². The number of carboxylic acid groups (broad SMARTS) is 1. The molecule has 0 saturated carbocycles. The number of carboxylic acids is 1. The molecule has 0 aromatic rings. The normalized spacial score (nSPS) is 21.8. The molecular weight excluding hydrogens is 222 g/mol.